The quantitative estimate of drug-likeness (QED) is 0.866. The van der Waals surface area contributed by atoms with E-state index in [1.165, 1.54) is 55.6 Å². The van der Waals surface area contributed by atoms with Gasteiger partial charge in [0.1, 0.15) is 0 Å². The lowest BCUT2D eigenvalue weighted by atomic mass is 10.1. The summed E-state index contributed by atoms with van der Waals surface area (Å²) in [7, 11) is -1.99. The van der Waals surface area contributed by atoms with Gasteiger partial charge in [-0.05, 0) is 48.5 Å². The summed E-state index contributed by atoms with van der Waals surface area (Å²) in [4.78, 5) is 23.6. The summed E-state index contributed by atoms with van der Waals surface area (Å²) in [5.74, 6) is -0.846. The van der Waals surface area contributed by atoms with Crippen LogP contribution < -0.4 is 5.32 Å². The molecule has 0 aliphatic carbocycles. The first-order valence-electron chi connectivity index (χ1n) is 6.61. The molecule has 2 aromatic rings. The van der Waals surface area contributed by atoms with Gasteiger partial charge in [0.15, 0.2) is 9.84 Å². The van der Waals surface area contributed by atoms with Gasteiger partial charge in [0.25, 0.3) is 5.91 Å². The van der Waals surface area contributed by atoms with E-state index < -0.39 is 15.8 Å². The number of benzene rings is 2. The molecule has 0 saturated carbocycles. The third-order valence-electron chi connectivity index (χ3n) is 3.11. The Labute approximate surface area is 134 Å². The van der Waals surface area contributed by atoms with Gasteiger partial charge in [0.2, 0.25) is 0 Å². The minimum atomic E-state index is -3.27. The summed E-state index contributed by atoms with van der Waals surface area (Å²) >= 11 is 0. The van der Waals surface area contributed by atoms with Crippen LogP contribution in [-0.2, 0) is 14.6 Å². The lowest BCUT2D eigenvalue weighted by molar-refractivity contribution is 0.0600. The molecule has 6 nitrogen and oxygen atoms in total. The largest absolute Gasteiger partial charge is 0.465 e. The van der Waals surface area contributed by atoms with Gasteiger partial charge < -0.3 is 10.1 Å². The first-order chi connectivity index (χ1) is 10.8. The molecule has 120 valence electrons. The van der Waals surface area contributed by atoms with Gasteiger partial charge in [-0.2, -0.15) is 0 Å². The zero-order chi connectivity index (χ0) is 17.0. The van der Waals surface area contributed by atoms with Crippen molar-refractivity contribution in [2.45, 2.75) is 4.90 Å². The molecule has 1 N–H and O–H groups in total. The second-order valence-electron chi connectivity index (χ2n) is 4.82. The number of anilines is 1. The SMILES string of the molecule is COC(=O)c1ccc(C(=O)Nc2ccc(S(C)(=O)=O)cc2)cc1. The molecule has 0 aromatic heterocycles. The van der Waals surface area contributed by atoms with Crippen molar-refractivity contribution in [1.29, 1.82) is 0 Å². The molecule has 0 aliphatic heterocycles. The van der Waals surface area contributed by atoms with E-state index in [1.54, 1.807) is 0 Å². The standard InChI is InChI=1S/C16H15NO5S/c1-22-16(19)12-5-3-11(4-6-12)15(18)17-13-7-9-14(10-8-13)23(2,20)21/h3-10H,1-2H3,(H,17,18). The zero-order valence-corrected chi connectivity index (χ0v) is 13.4. The molecule has 0 atom stereocenters. The number of carbonyl (C=O) groups excluding carboxylic acids is 2. The molecule has 2 rings (SSSR count). The number of esters is 1. The van der Waals surface area contributed by atoms with E-state index in [9.17, 15) is 18.0 Å². The molecule has 0 radical (unpaired) electrons. The van der Waals surface area contributed by atoms with Crippen molar-refractivity contribution in [1.82, 2.24) is 0 Å². The summed E-state index contributed by atoms with van der Waals surface area (Å²) < 4.78 is 27.3. The Bertz CT molecular complexity index is 824. The van der Waals surface area contributed by atoms with Crippen LogP contribution in [0.2, 0.25) is 0 Å². The summed E-state index contributed by atoms with van der Waals surface area (Å²) in [6.07, 6.45) is 1.11. The highest BCUT2D eigenvalue weighted by molar-refractivity contribution is 7.90. The predicted molar refractivity (Wildman–Crippen MR) is 85.3 cm³/mol. The van der Waals surface area contributed by atoms with E-state index in [4.69, 9.17) is 0 Å². The van der Waals surface area contributed by atoms with Gasteiger partial charge in [0, 0.05) is 17.5 Å². The molecule has 0 unspecified atom stereocenters. The van der Waals surface area contributed by atoms with Crippen molar-refractivity contribution in [2.75, 3.05) is 18.7 Å². The molecule has 1 amide bonds. The van der Waals surface area contributed by atoms with Crippen molar-refractivity contribution in [3.63, 3.8) is 0 Å². The van der Waals surface area contributed by atoms with Gasteiger partial charge in [-0.15, -0.1) is 0 Å². The van der Waals surface area contributed by atoms with Gasteiger partial charge in [0.05, 0.1) is 17.6 Å². The molecule has 7 heteroatoms. The Kier molecular flexibility index (Phi) is 4.80. The minimum absolute atomic E-state index is 0.179. The molecule has 2 aromatic carbocycles. The summed E-state index contributed by atoms with van der Waals surface area (Å²) in [5, 5.41) is 2.65. The van der Waals surface area contributed by atoms with Crippen LogP contribution in [-0.4, -0.2) is 33.7 Å². The van der Waals surface area contributed by atoms with E-state index in [0.29, 0.717) is 16.8 Å². The fourth-order valence-corrected chi connectivity index (χ4v) is 2.49. The Morgan fingerprint density at radius 1 is 0.913 bits per heavy atom. The minimum Gasteiger partial charge on any atom is -0.465 e. The van der Waals surface area contributed by atoms with Crippen LogP contribution in [0.1, 0.15) is 20.7 Å². The predicted octanol–water partition coefficient (Wildman–Crippen LogP) is 2.13. The van der Waals surface area contributed by atoms with E-state index >= 15 is 0 Å². The first-order valence-corrected chi connectivity index (χ1v) is 8.50. The fourth-order valence-electron chi connectivity index (χ4n) is 1.86. The number of rotatable bonds is 4. The van der Waals surface area contributed by atoms with Crippen LogP contribution in [0.4, 0.5) is 5.69 Å². The molecule has 23 heavy (non-hydrogen) atoms. The Morgan fingerprint density at radius 2 is 1.43 bits per heavy atom. The van der Waals surface area contributed by atoms with Gasteiger partial charge in [-0.1, -0.05) is 0 Å². The van der Waals surface area contributed by atoms with Crippen LogP contribution in [0.15, 0.2) is 53.4 Å². The Hall–Kier alpha value is -2.67. The topological polar surface area (TPSA) is 89.5 Å². The van der Waals surface area contributed by atoms with Crippen LogP contribution in [0, 0.1) is 0 Å². The van der Waals surface area contributed by atoms with E-state index in [0.717, 1.165) is 6.26 Å². The normalized spacial score (nSPS) is 10.9. The number of sulfone groups is 1. The third-order valence-corrected chi connectivity index (χ3v) is 4.24. The zero-order valence-electron chi connectivity index (χ0n) is 12.6. The van der Waals surface area contributed by atoms with Crippen LogP contribution in [0.5, 0.6) is 0 Å². The molecule has 0 bridgehead atoms. The van der Waals surface area contributed by atoms with Crippen molar-refractivity contribution in [2.24, 2.45) is 0 Å². The van der Waals surface area contributed by atoms with Crippen molar-refractivity contribution in [3.05, 3.63) is 59.7 Å². The second kappa shape index (κ2) is 6.62. The van der Waals surface area contributed by atoms with Crippen LogP contribution >= 0.6 is 0 Å². The van der Waals surface area contributed by atoms with Crippen LogP contribution in [0.25, 0.3) is 0 Å². The van der Waals surface area contributed by atoms with Crippen molar-refractivity contribution < 1.29 is 22.7 Å². The maximum absolute atomic E-state index is 12.1. The molecule has 0 fully saturated rings. The third kappa shape index (κ3) is 4.17. The molecule has 0 aliphatic rings. The highest BCUT2D eigenvalue weighted by Gasteiger charge is 2.10. The average molecular weight is 333 g/mol. The molecular weight excluding hydrogens is 318 g/mol. The number of carbonyl (C=O) groups is 2. The van der Waals surface area contributed by atoms with E-state index in [1.807, 2.05) is 0 Å². The maximum Gasteiger partial charge on any atom is 0.337 e. The molecule has 0 heterocycles. The molecule has 0 saturated heterocycles. The number of hydrogen-bond donors (Lipinski definition) is 1. The number of amides is 1. The van der Waals surface area contributed by atoms with Crippen LogP contribution in [0.3, 0.4) is 0 Å². The maximum atomic E-state index is 12.1. The summed E-state index contributed by atoms with van der Waals surface area (Å²) in [5.41, 5.74) is 1.19. The van der Waals surface area contributed by atoms with Crippen molar-refractivity contribution >= 4 is 27.4 Å². The lowest BCUT2D eigenvalue weighted by Gasteiger charge is -2.07. The molecular formula is C16H15NO5S. The highest BCUT2D eigenvalue weighted by atomic mass is 32.2. The molecule has 0 spiro atoms. The number of nitrogens with one attached hydrogen (secondary N) is 1. The summed E-state index contributed by atoms with van der Waals surface area (Å²) in [6, 6.07) is 11.9. The lowest BCUT2D eigenvalue weighted by Crippen LogP contribution is -2.12. The first kappa shape index (κ1) is 16.7. The monoisotopic (exact) mass is 333 g/mol. The number of hydrogen-bond acceptors (Lipinski definition) is 5. The van der Waals surface area contributed by atoms with Crippen molar-refractivity contribution in [3.8, 4) is 0 Å². The Morgan fingerprint density at radius 3 is 1.91 bits per heavy atom. The van der Waals surface area contributed by atoms with E-state index in [-0.39, 0.29) is 10.8 Å². The van der Waals surface area contributed by atoms with Gasteiger partial charge >= 0.3 is 5.97 Å². The highest BCUT2D eigenvalue weighted by Crippen LogP contribution is 2.15. The van der Waals surface area contributed by atoms with Gasteiger partial charge in [-0.3, -0.25) is 4.79 Å². The smallest absolute Gasteiger partial charge is 0.337 e. The number of ether oxygens (including phenoxy) is 1. The van der Waals surface area contributed by atoms with Gasteiger partial charge in [-0.25, -0.2) is 13.2 Å². The average Bonchev–Trinajstić information content (AvgIpc) is 2.54. The Balaban J connectivity index is 2.11. The fraction of sp³-hybridized carbons (Fsp3) is 0.125. The van der Waals surface area contributed by atoms with E-state index in [2.05, 4.69) is 10.1 Å². The number of methoxy groups -OCH3 is 1. The second-order valence-corrected chi connectivity index (χ2v) is 6.84. The summed E-state index contributed by atoms with van der Waals surface area (Å²) in [6.45, 7) is 0.